The van der Waals surface area contributed by atoms with Gasteiger partial charge >= 0.3 is 0 Å². The molecule has 0 radical (unpaired) electrons. The highest BCUT2D eigenvalue weighted by molar-refractivity contribution is 6.32. The largest absolute Gasteiger partial charge is 0.495 e. The molecule has 0 aliphatic rings. The fraction of sp³-hybridized carbons (Fsp3) is 0.250. The Morgan fingerprint density at radius 1 is 1.24 bits per heavy atom. The molecule has 1 aromatic carbocycles. The van der Waals surface area contributed by atoms with E-state index in [0.29, 0.717) is 23.2 Å². The van der Waals surface area contributed by atoms with E-state index < -0.39 is 0 Å². The third kappa shape index (κ3) is 2.14. The normalized spacial score (nSPS) is 10.6. The molecule has 2 aromatic rings. The molecule has 0 aliphatic heterocycles. The van der Waals surface area contributed by atoms with Crippen LogP contribution in [0.2, 0.25) is 5.02 Å². The zero-order chi connectivity index (χ0) is 12.4. The third-order valence-electron chi connectivity index (χ3n) is 2.54. The molecule has 0 spiro atoms. The monoisotopic (exact) mass is 252 g/mol. The average Bonchev–Trinajstić information content (AvgIpc) is 2.36. The highest BCUT2D eigenvalue weighted by Gasteiger charge is 2.09. The van der Waals surface area contributed by atoms with Gasteiger partial charge < -0.3 is 15.2 Å². The van der Waals surface area contributed by atoms with E-state index >= 15 is 0 Å². The number of nitrogens with zero attached hydrogens (tertiary/aromatic N) is 1. The van der Waals surface area contributed by atoms with Crippen molar-refractivity contribution >= 4 is 22.5 Å². The Morgan fingerprint density at radius 2 is 2.00 bits per heavy atom. The molecule has 2 N–H and O–H groups in total. The minimum absolute atomic E-state index is 0.371. The Balaban J connectivity index is 2.70. The summed E-state index contributed by atoms with van der Waals surface area (Å²) in [6.45, 7) is 0.371. The molecule has 0 unspecified atom stereocenters. The highest BCUT2D eigenvalue weighted by atomic mass is 35.5. The molecule has 2 rings (SSSR count). The van der Waals surface area contributed by atoms with Crippen LogP contribution in [-0.2, 0) is 6.54 Å². The van der Waals surface area contributed by atoms with E-state index in [1.165, 1.54) is 0 Å². The topological polar surface area (TPSA) is 57.4 Å². The molecular weight excluding hydrogens is 240 g/mol. The van der Waals surface area contributed by atoms with E-state index in [1.807, 2.05) is 6.07 Å². The van der Waals surface area contributed by atoms with E-state index in [1.54, 1.807) is 26.4 Å². The summed E-state index contributed by atoms with van der Waals surface area (Å²) in [4.78, 5) is 4.37. The van der Waals surface area contributed by atoms with Crippen LogP contribution in [0.3, 0.4) is 0 Å². The number of nitrogens with two attached hydrogens (primary N) is 1. The molecule has 0 fully saturated rings. The molecule has 0 saturated carbocycles. The number of hydrogen-bond donors (Lipinski definition) is 1. The SMILES string of the molecule is COc1cc2nc(OC)c(CN)cc2cc1Cl. The van der Waals surface area contributed by atoms with Crippen LogP contribution in [0.25, 0.3) is 10.9 Å². The summed E-state index contributed by atoms with van der Waals surface area (Å²) in [7, 11) is 3.14. The van der Waals surface area contributed by atoms with Gasteiger partial charge in [0.25, 0.3) is 0 Å². The molecule has 1 heterocycles. The van der Waals surface area contributed by atoms with Gasteiger partial charge in [-0.3, -0.25) is 0 Å². The molecule has 90 valence electrons. The molecule has 0 aliphatic carbocycles. The molecule has 0 saturated heterocycles. The Bertz CT molecular complexity index is 558. The van der Waals surface area contributed by atoms with Gasteiger partial charge in [-0.05, 0) is 12.1 Å². The van der Waals surface area contributed by atoms with Crippen LogP contribution in [0.15, 0.2) is 18.2 Å². The van der Waals surface area contributed by atoms with Crippen molar-refractivity contribution in [2.45, 2.75) is 6.54 Å². The zero-order valence-corrected chi connectivity index (χ0v) is 10.4. The van der Waals surface area contributed by atoms with Gasteiger partial charge in [-0.25, -0.2) is 4.98 Å². The number of hydrogen-bond acceptors (Lipinski definition) is 4. The fourth-order valence-corrected chi connectivity index (χ4v) is 1.93. The fourth-order valence-electron chi connectivity index (χ4n) is 1.68. The Hall–Kier alpha value is -1.52. The lowest BCUT2D eigenvalue weighted by Gasteiger charge is -2.09. The molecule has 0 atom stereocenters. The van der Waals surface area contributed by atoms with Gasteiger partial charge in [-0.1, -0.05) is 11.6 Å². The van der Waals surface area contributed by atoms with E-state index in [-0.39, 0.29) is 0 Å². The van der Waals surface area contributed by atoms with Crippen molar-refractivity contribution in [2.24, 2.45) is 5.73 Å². The van der Waals surface area contributed by atoms with Crippen molar-refractivity contribution < 1.29 is 9.47 Å². The number of fused-ring (bicyclic) bond motifs is 1. The van der Waals surface area contributed by atoms with Crippen LogP contribution in [0.1, 0.15) is 5.56 Å². The Kier molecular flexibility index (Phi) is 3.36. The van der Waals surface area contributed by atoms with Crippen LogP contribution in [0.5, 0.6) is 11.6 Å². The molecule has 1 aromatic heterocycles. The van der Waals surface area contributed by atoms with Gasteiger partial charge in [0.1, 0.15) is 5.75 Å². The first-order valence-electron chi connectivity index (χ1n) is 5.10. The third-order valence-corrected chi connectivity index (χ3v) is 2.84. The van der Waals surface area contributed by atoms with E-state index in [4.69, 9.17) is 26.8 Å². The smallest absolute Gasteiger partial charge is 0.218 e. The van der Waals surface area contributed by atoms with Gasteiger partial charge in [0.05, 0.1) is 24.8 Å². The first-order valence-corrected chi connectivity index (χ1v) is 5.48. The van der Waals surface area contributed by atoms with Crippen LogP contribution in [0, 0.1) is 0 Å². The van der Waals surface area contributed by atoms with Gasteiger partial charge in [-0.15, -0.1) is 0 Å². The summed E-state index contributed by atoms with van der Waals surface area (Å²) in [5, 5.41) is 1.46. The number of halogens is 1. The predicted molar refractivity (Wildman–Crippen MR) is 67.7 cm³/mol. The summed E-state index contributed by atoms with van der Waals surface area (Å²) in [5.74, 6) is 1.12. The predicted octanol–water partition coefficient (Wildman–Crippen LogP) is 2.36. The number of methoxy groups -OCH3 is 2. The van der Waals surface area contributed by atoms with Crippen LogP contribution >= 0.6 is 11.6 Å². The van der Waals surface area contributed by atoms with E-state index in [9.17, 15) is 0 Å². The lowest BCUT2D eigenvalue weighted by Crippen LogP contribution is -2.02. The summed E-state index contributed by atoms with van der Waals surface area (Å²) in [5.41, 5.74) is 7.25. The first-order chi connectivity index (χ1) is 8.19. The molecule has 0 bridgehead atoms. The quantitative estimate of drug-likeness (QED) is 0.911. The number of benzene rings is 1. The average molecular weight is 253 g/mol. The van der Waals surface area contributed by atoms with E-state index in [0.717, 1.165) is 16.5 Å². The minimum Gasteiger partial charge on any atom is -0.495 e. The number of aromatic nitrogens is 1. The first kappa shape index (κ1) is 12.0. The molecule has 17 heavy (non-hydrogen) atoms. The standard InChI is InChI=1S/C12H13ClN2O2/c1-16-11-5-10-7(4-9(11)13)3-8(6-14)12(15-10)17-2/h3-5H,6,14H2,1-2H3. The van der Waals surface area contributed by atoms with Crippen molar-refractivity contribution in [3.63, 3.8) is 0 Å². The summed E-state index contributed by atoms with van der Waals surface area (Å²) < 4.78 is 10.3. The number of ether oxygens (including phenoxy) is 2. The summed E-state index contributed by atoms with van der Waals surface area (Å²) in [6.07, 6.45) is 0. The second-order valence-electron chi connectivity index (χ2n) is 3.54. The summed E-state index contributed by atoms with van der Waals surface area (Å²) >= 11 is 6.06. The lowest BCUT2D eigenvalue weighted by atomic mass is 10.1. The molecule has 5 heteroatoms. The van der Waals surface area contributed by atoms with Gasteiger partial charge in [-0.2, -0.15) is 0 Å². The highest BCUT2D eigenvalue weighted by Crippen LogP contribution is 2.31. The number of rotatable bonds is 3. The van der Waals surface area contributed by atoms with Gasteiger partial charge in [0.15, 0.2) is 0 Å². The maximum atomic E-state index is 6.06. The van der Waals surface area contributed by atoms with Gasteiger partial charge in [0.2, 0.25) is 5.88 Å². The van der Waals surface area contributed by atoms with Crippen LogP contribution in [0.4, 0.5) is 0 Å². The second-order valence-corrected chi connectivity index (χ2v) is 3.95. The minimum atomic E-state index is 0.371. The lowest BCUT2D eigenvalue weighted by molar-refractivity contribution is 0.394. The van der Waals surface area contributed by atoms with Gasteiger partial charge in [0, 0.05) is 23.6 Å². The zero-order valence-electron chi connectivity index (χ0n) is 9.66. The van der Waals surface area contributed by atoms with Crippen molar-refractivity contribution in [1.29, 1.82) is 0 Å². The van der Waals surface area contributed by atoms with Crippen LogP contribution in [-0.4, -0.2) is 19.2 Å². The summed E-state index contributed by atoms with van der Waals surface area (Å²) in [6, 6.07) is 5.51. The second kappa shape index (κ2) is 4.77. The Morgan fingerprint density at radius 3 is 2.59 bits per heavy atom. The molecule has 4 nitrogen and oxygen atoms in total. The maximum absolute atomic E-state index is 6.06. The van der Waals surface area contributed by atoms with Crippen molar-refractivity contribution in [3.8, 4) is 11.6 Å². The van der Waals surface area contributed by atoms with E-state index in [2.05, 4.69) is 4.98 Å². The number of pyridine rings is 1. The van der Waals surface area contributed by atoms with Crippen LogP contribution < -0.4 is 15.2 Å². The van der Waals surface area contributed by atoms with Crippen molar-refractivity contribution in [1.82, 2.24) is 4.98 Å². The van der Waals surface area contributed by atoms with Crippen molar-refractivity contribution in [2.75, 3.05) is 14.2 Å². The molecule has 0 amide bonds. The van der Waals surface area contributed by atoms with Crippen molar-refractivity contribution in [3.05, 3.63) is 28.8 Å². The Labute approximate surface area is 104 Å². The molecular formula is C12H13ClN2O2. The maximum Gasteiger partial charge on any atom is 0.218 e.